The second-order valence-corrected chi connectivity index (χ2v) is 2.96. The third-order valence-corrected chi connectivity index (χ3v) is 1.95. The van der Waals surface area contributed by atoms with Crippen molar-refractivity contribution in [2.24, 2.45) is 0 Å². The van der Waals surface area contributed by atoms with Crippen LogP contribution in [0.25, 0.3) is 0 Å². The van der Waals surface area contributed by atoms with Crippen molar-refractivity contribution in [3.63, 3.8) is 0 Å². The molecule has 0 atom stereocenters. The predicted molar refractivity (Wildman–Crippen MR) is 48.1 cm³/mol. The minimum Gasteiger partial charge on any atom is -0.428 e. The van der Waals surface area contributed by atoms with Gasteiger partial charge in [-0.3, -0.25) is 0 Å². The lowest BCUT2D eigenvalue weighted by Crippen LogP contribution is -1.91. The maximum atomic E-state index is 12.6. The van der Waals surface area contributed by atoms with Crippen LogP contribution in [0.2, 0.25) is 0 Å². The summed E-state index contributed by atoms with van der Waals surface area (Å²) in [5, 5.41) is 7.33. The summed E-state index contributed by atoms with van der Waals surface area (Å²) >= 11 is 0. The molecule has 0 radical (unpaired) electrons. The van der Waals surface area contributed by atoms with E-state index in [0.29, 0.717) is 12.3 Å². The van der Waals surface area contributed by atoms with Gasteiger partial charge in [-0.25, -0.2) is 4.39 Å². The van der Waals surface area contributed by atoms with Crippen LogP contribution in [0.1, 0.15) is 11.5 Å². The van der Waals surface area contributed by atoms with Gasteiger partial charge in [-0.05, 0) is 24.1 Å². The summed E-state index contributed by atoms with van der Waals surface area (Å²) in [6.45, 7) is 0. The molecule has 0 aliphatic rings. The van der Waals surface area contributed by atoms with Crippen molar-refractivity contribution < 1.29 is 8.81 Å². The van der Waals surface area contributed by atoms with Gasteiger partial charge in [0.1, 0.15) is 5.82 Å². The van der Waals surface area contributed by atoms with Crippen molar-refractivity contribution in [1.29, 1.82) is 0 Å². The Labute approximate surface area is 80.6 Å². The molecule has 0 amide bonds. The summed E-state index contributed by atoms with van der Waals surface area (Å²) in [4.78, 5) is 0. The number of hydrogen-bond acceptors (Lipinski definition) is 3. The maximum absolute atomic E-state index is 12.6. The van der Waals surface area contributed by atoms with Crippen LogP contribution in [-0.4, -0.2) is 10.2 Å². The smallest absolute Gasteiger partial charge is 0.216 e. The zero-order chi connectivity index (χ0) is 9.80. The highest BCUT2D eigenvalue weighted by atomic mass is 19.1. The largest absolute Gasteiger partial charge is 0.428 e. The van der Waals surface area contributed by atoms with E-state index >= 15 is 0 Å². The molecule has 0 saturated heterocycles. The molecular weight excluding hydrogens is 183 g/mol. The Morgan fingerprint density at radius 3 is 2.57 bits per heavy atom. The molecule has 0 spiro atoms. The Morgan fingerprint density at radius 2 is 1.93 bits per heavy atom. The van der Waals surface area contributed by atoms with Gasteiger partial charge in [-0.15, -0.1) is 10.2 Å². The van der Waals surface area contributed by atoms with Crippen LogP contribution >= 0.6 is 0 Å². The van der Waals surface area contributed by atoms with E-state index in [1.807, 2.05) is 0 Å². The lowest BCUT2D eigenvalue weighted by molar-refractivity contribution is 0.492. The summed E-state index contributed by atoms with van der Waals surface area (Å²) < 4.78 is 17.5. The van der Waals surface area contributed by atoms with Crippen molar-refractivity contribution in [3.05, 3.63) is 47.9 Å². The van der Waals surface area contributed by atoms with Crippen LogP contribution in [0.15, 0.2) is 35.1 Å². The summed E-state index contributed by atoms with van der Waals surface area (Å²) in [7, 11) is 0. The molecule has 1 aromatic heterocycles. The highest BCUT2D eigenvalue weighted by Crippen LogP contribution is 2.06. The first-order valence-electron chi connectivity index (χ1n) is 4.34. The first-order valence-corrected chi connectivity index (χ1v) is 4.34. The molecule has 0 aliphatic heterocycles. The fraction of sp³-hybridized carbons (Fsp3) is 0.200. The van der Waals surface area contributed by atoms with Gasteiger partial charge in [0.05, 0.1) is 0 Å². The van der Waals surface area contributed by atoms with Crippen LogP contribution in [-0.2, 0) is 12.8 Å². The van der Waals surface area contributed by atoms with Gasteiger partial charge in [0.25, 0.3) is 0 Å². The molecule has 1 heterocycles. The van der Waals surface area contributed by atoms with Crippen molar-refractivity contribution in [2.45, 2.75) is 12.8 Å². The Kier molecular flexibility index (Phi) is 2.53. The molecule has 72 valence electrons. The van der Waals surface area contributed by atoms with E-state index in [0.717, 1.165) is 12.0 Å². The third kappa shape index (κ3) is 2.16. The summed E-state index contributed by atoms with van der Waals surface area (Å²) in [6.07, 6.45) is 2.77. The van der Waals surface area contributed by atoms with Crippen LogP contribution in [0, 0.1) is 5.82 Å². The topological polar surface area (TPSA) is 38.9 Å². The van der Waals surface area contributed by atoms with Gasteiger partial charge in [-0.2, -0.15) is 0 Å². The zero-order valence-corrected chi connectivity index (χ0v) is 7.48. The number of nitrogens with zero attached hydrogens (tertiary/aromatic N) is 2. The molecule has 4 heteroatoms. The number of hydrogen-bond donors (Lipinski definition) is 0. The lowest BCUT2D eigenvalue weighted by atomic mass is 10.1. The van der Waals surface area contributed by atoms with Gasteiger partial charge in [0.15, 0.2) is 0 Å². The van der Waals surface area contributed by atoms with E-state index in [1.54, 1.807) is 12.1 Å². The first kappa shape index (κ1) is 8.87. The number of rotatable bonds is 3. The van der Waals surface area contributed by atoms with Crippen LogP contribution in [0.4, 0.5) is 4.39 Å². The predicted octanol–water partition coefficient (Wildman–Crippen LogP) is 1.99. The molecule has 3 nitrogen and oxygen atoms in total. The summed E-state index contributed by atoms with van der Waals surface area (Å²) in [5.74, 6) is 0.390. The molecule has 0 saturated carbocycles. The average Bonchev–Trinajstić information content (AvgIpc) is 2.70. The van der Waals surface area contributed by atoms with E-state index < -0.39 is 0 Å². The first-order chi connectivity index (χ1) is 6.84. The molecular formula is C10H9FN2O. The van der Waals surface area contributed by atoms with E-state index in [2.05, 4.69) is 10.2 Å². The zero-order valence-electron chi connectivity index (χ0n) is 7.48. The molecule has 2 rings (SSSR count). The van der Waals surface area contributed by atoms with Crippen LogP contribution in [0.5, 0.6) is 0 Å². The van der Waals surface area contributed by atoms with E-state index in [9.17, 15) is 4.39 Å². The van der Waals surface area contributed by atoms with Crippen molar-refractivity contribution in [1.82, 2.24) is 10.2 Å². The molecule has 2 aromatic rings. The van der Waals surface area contributed by atoms with Gasteiger partial charge in [0, 0.05) is 6.42 Å². The van der Waals surface area contributed by atoms with Gasteiger partial charge in [-0.1, -0.05) is 12.1 Å². The van der Waals surface area contributed by atoms with Crippen molar-refractivity contribution in [2.75, 3.05) is 0 Å². The number of benzene rings is 1. The maximum Gasteiger partial charge on any atom is 0.216 e. The fourth-order valence-electron chi connectivity index (χ4n) is 1.21. The van der Waals surface area contributed by atoms with Gasteiger partial charge >= 0.3 is 0 Å². The summed E-state index contributed by atoms with van der Waals surface area (Å²) in [6, 6.07) is 6.41. The lowest BCUT2D eigenvalue weighted by Gasteiger charge is -1.97. The second-order valence-electron chi connectivity index (χ2n) is 2.96. The van der Waals surface area contributed by atoms with Gasteiger partial charge in [0.2, 0.25) is 12.3 Å². The highest BCUT2D eigenvalue weighted by molar-refractivity contribution is 5.16. The van der Waals surface area contributed by atoms with E-state index in [1.165, 1.54) is 18.5 Å². The fourth-order valence-corrected chi connectivity index (χ4v) is 1.21. The Balaban J connectivity index is 1.95. The van der Waals surface area contributed by atoms with Gasteiger partial charge < -0.3 is 4.42 Å². The molecule has 0 aliphatic carbocycles. The number of halogens is 1. The molecule has 0 fully saturated rings. The minimum atomic E-state index is -0.216. The van der Waals surface area contributed by atoms with Crippen LogP contribution in [0.3, 0.4) is 0 Å². The second kappa shape index (κ2) is 4.00. The molecule has 14 heavy (non-hydrogen) atoms. The standard InChI is InChI=1S/C10H9FN2O/c11-9-4-1-8(2-5-9)3-6-10-13-12-7-14-10/h1-2,4-5,7H,3,6H2. The van der Waals surface area contributed by atoms with E-state index in [-0.39, 0.29) is 5.82 Å². The SMILES string of the molecule is Fc1ccc(CCc2nnco2)cc1. The molecule has 0 bridgehead atoms. The van der Waals surface area contributed by atoms with Crippen molar-refractivity contribution in [3.8, 4) is 0 Å². The Morgan fingerprint density at radius 1 is 1.14 bits per heavy atom. The Hall–Kier alpha value is -1.71. The van der Waals surface area contributed by atoms with Crippen LogP contribution < -0.4 is 0 Å². The number of aryl methyl sites for hydroxylation is 2. The minimum absolute atomic E-state index is 0.216. The highest BCUT2D eigenvalue weighted by Gasteiger charge is 1.99. The normalized spacial score (nSPS) is 10.4. The molecule has 0 unspecified atom stereocenters. The Bertz CT molecular complexity index is 383. The summed E-state index contributed by atoms with van der Waals surface area (Å²) in [5.41, 5.74) is 1.06. The third-order valence-electron chi connectivity index (χ3n) is 1.95. The quantitative estimate of drug-likeness (QED) is 0.746. The molecule has 1 aromatic carbocycles. The number of aromatic nitrogens is 2. The van der Waals surface area contributed by atoms with E-state index in [4.69, 9.17) is 4.42 Å². The molecule has 0 N–H and O–H groups in total. The average molecular weight is 192 g/mol. The monoisotopic (exact) mass is 192 g/mol. The van der Waals surface area contributed by atoms with Crippen molar-refractivity contribution >= 4 is 0 Å².